The number of ether oxygens (including phenoxy) is 1. The molecule has 0 aromatic heterocycles. The Kier molecular flexibility index (Phi) is 8.02. The maximum absolute atomic E-state index is 12.6. The monoisotopic (exact) mass is 383 g/mol. The number of anilines is 1. The average Bonchev–Trinajstić information content (AvgIpc) is 2.75. The van der Waals surface area contributed by atoms with E-state index in [1.54, 1.807) is 42.3 Å². The maximum atomic E-state index is 12.6. The number of benzene rings is 2. The van der Waals surface area contributed by atoms with Crippen molar-refractivity contribution >= 4 is 17.5 Å². The molecule has 0 heterocycles. The molecule has 28 heavy (non-hydrogen) atoms. The summed E-state index contributed by atoms with van der Waals surface area (Å²) in [4.78, 5) is 28.9. The third-order valence-corrected chi connectivity index (χ3v) is 4.75. The van der Waals surface area contributed by atoms with Crippen LogP contribution in [0.5, 0.6) is 5.75 Å². The van der Waals surface area contributed by atoms with Crippen molar-refractivity contribution in [1.29, 1.82) is 0 Å². The van der Waals surface area contributed by atoms with Crippen LogP contribution in [-0.2, 0) is 0 Å². The molecule has 0 saturated carbocycles. The molecule has 0 saturated heterocycles. The van der Waals surface area contributed by atoms with E-state index < -0.39 is 0 Å². The fourth-order valence-corrected chi connectivity index (χ4v) is 2.93. The second-order valence-electron chi connectivity index (χ2n) is 6.40. The zero-order chi connectivity index (χ0) is 20.5. The number of nitrogens with zero attached hydrogens (tertiary/aromatic N) is 2. The molecule has 0 unspecified atom stereocenters. The fourth-order valence-electron chi connectivity index (χ4n) is 2.93. The van der Waals surface area contributed by atoms with Crippen LogP contribution in [0, 0.1) is 0 Å². The summed E-state index contributed by atoms with van der Waals surface area (Å²) in [5.41, 5.74) is 1.71. The van der Waals surface area contributed by atoms with E-state index >= 15 is 0 Å². The van der Waals surface area contributed by atoms with Crippen LogP contribution in [0.3, 0.4) is 0 Å². The van der Waals surface area contributed by atoms with Gasteiger partial charge < -0.3 is 19.9 Å². The van der Waals surface area contributed by atoms with E-state index in [9.17, 15) is 9.59 Å². The van der Waals surface area contributed by atoms with Gasteiger partial charge in [-0.15, -0.1) is 0 Å². The number of nitrogens with one attached hydrogen (secondary N) is 1. The summed E-state index contributed by atoms with van der Waals surface area (Å²) < 4.78 is 5.40. The predicted octanol–water partition coefficient (Wildman–Crippen LogP) is 3.04. The molecule has 0 aliphatic carbocycles. The van der Waals surface area contributed by atoms with Crippen molar-refractivity contribution in [3.8, 4) is 5.75 Å². The van der Waals surface area contributed by atoms with E-state index in [2.05, 4.69) is 24.1 Å². The van der Waals surface area contributed by atoms with Gasteiger partial charge >= 0.3 is 0 Å². The van der Waals surface area contributed by atoms with Crippen LogP contribution < -0.4 is 15.0 Å². The summed E-state index contributed by atoms with van der Waals surface area (Å²) >= 11 is 0. The van der Waals surface area contributed by atoms with Crippen molar-refractivity contribution in [2.75, 3.05) is 45.2 Å². The van der Waals surface area contributed by atoms with Crippen LogP contribution in [0.2, 0.25) is 0 Å². The van der Waals surface area contributed by atoms with E-state index in [0.717, 1.165) is 19.6 Å². The molecule has 2 aromatic rings. The van der Waals surface area contributed by atoms with Gasteiger partial charge in [-0.25, -0.2) is 0 Å². The Morgan fingerprint density at radius 1 is 1.04 bits per heavy atom. The molecule has 6 heteroatoms. The van der Waals surface area contributed by atoms with Gasteiger partial charge in [0, 0.05) is 37.5 Å². The highest BCUT2D eigenvalue weighted by Gasteiger charge is 2.17. The van der Waals surface area contributed by atoms with Crippen LogP contribution in [0.25, 0.3) is 0 Å². The summed E-state index contributed by atoms with van der Waals surface area (Å²) in [5, 5.41) is 2.93. The first-order valence-corrected chi connectivity index (χ1v) is 9.53. The van der Waals surface area contributed by atoms with Crippen molar-refractivity contribution in [1.82, 2.24) is 10.2 Å². The van der Waals surface area contributed by atoms with Gasteiger partial charge in [-0.1, -0.05) is 32.0 Å². The minimum Gasteiger partial charge on any atom is -0.496 e. The lowest BCUT2D eigenvalue weighted by atomic mass is 10.1. The average molecular weight is 383 g/mol. The third-order valence-electron chi connectivity index (χ3n) is 4.75. The molecule has 0 radical (unpaired) electrons. The molecule has 0 spiro atoms. The van der Waals surface area contributed by atoms with Gasteiger partial charge in [-0.2, -0.15) is 0 Å². The minimum atomic E-state index is -0.187. The quantitative estimate of drug-likeness (QED) is 0.723. The fraction of sp³-hybridized carbons (Fsp3) is 0.364. The van der Waals surface area contributed by atoms with Crippen molar-refractivity contribution < 1.29 is 14.3 Å². The Morgan fingerprint density at radius 3 is 2.32 bits per heavy atom. The molecular weight excluding hydrogens is 354 g/mol. The molecule has 1 N–H and O–H groups in total. The highest BCUT2D eigenvalue weighted by atomic mass is 16.5. The third kappa shape index (κ3) is 5.33. The Balaban J connectivity index is 2.10. The standard InChI is InChI=1S/C22H29N3O3/c1-5-25(6-2)15-14-23-21(26)19-13-12-18(16-20(19)28-4)24(3)22(27)17-10-8-7-9-11-17/h7-13,16H,5-6,14-15H2,1-4H3,(H,23,26). The number of likely N-dealkylation sites (N-methyl/N-ethyl adjacent to an activating group) is 1. The molecule has 0 aliphatic rings. The molecule has 150 valence electrons. The molecule has 0 aliphatic heterocycles. The number of hydrogen-bond acceptors (Lipinski definition) is 4. The van der Waals surface area contributed by atoms with Gasteiger partial charge in [0.05, 0.1) is 12.7 Å². The number of hydrogen-bond donors (Lipinski definition) is 1. The smallest absolute Gasteiger partial charge is 0.258 e. The van der Waals surface area contributed by atoms with E-state index in [-0.39, 0.29) is 11.8 Å². The van der Waals surface area contributed by atoms with E-state index in [1.807, 2.05) is 18.2 Å². The molecule has 0 bridgehead atoms. The Morgan fingerprint density at radius 2 is 1.71 bits per heavy atom. The Bertz CT molecular complexity index is 789. The number of carbonyl (C=O) groups excluding carboxylic acids is 2. The maximum Gasteiger partial charge on any atom is 0.258 e. The normalized spacial score (nSPS) is 10.6. The van der Waals surface area contributed by atoms with Crippen LogP contribution in [0.15, 0.2) is 48.5 Å². The molecule has 2 rings (SSSR count). The van der Waals surface area contributed by atoms with Crippen LogP contribution in [0.4, 0.5) is 5.69 Å². The van der Waals surface area contributed by atoms with Crippen LogP contribution >= 0.6 is 0 Å². The van der Waals surface area contributed by atoms with Gasteiger partial charge in [0.25, 0.3) is 11.8 Å². The summed E-state index contributed by atoms with van der Waals surface area (Å²) in [6, 6.07) is 14.2. The molecular formula is C22H29N3O3. The highest BCUT2D eigenvalue weighted by Crippen LogP contribution is 2.26. The summed E-state index contributed by atoms with van der Waals surface area (Å²) in [7, 11) is 3.22. The van der Waals surface area contributed by atoms with Gasteiger partial charge in [0.2, 0.25) is 0 Å². The van der Waals surface area contributed by atoms with Crippen molar-refractivity contribution in [3.63, 3.8) is 0 Å². The number of methoxy groups -OCH3 is 1. The van der Waals surface area contributed by atoms with Gasteiger partial charge in [0.1, 0.15) is 5.75 Å². The number of carbonyl (C=O) groups is 2. The molecule has 2 amide bonds. The van der Waals surface area contributed by atoms with Gasteiger partial charge in [-0.05, 0) is 37.4 Å². The molecule has 6 nitrogen and oxygen atoms in total. The number of amides is 2. The van der Waals surface area contributed by atoms with Crippen molar-refractivity contribution in [2.45, 2.75) is 13.8 Å². The zero-order valence-electron chi connectivity index (χ0n) is 17.1. The second-order valence-corrected chi connectivity index (χ2v) is 6.40. The summed E-state index contributed by atoms with van der Waals surface area (Å²) in [5.74, 6) is 0.122. The van der Waals surface area contributed by atoms with Crippen LogP contribution in [0.1, 0.15) is 34.6 Å². The SMILES string of the molecule is CCN(CC)CCNC(=O)c1ccc(N(C)C(=O)c2ccccc2)cc1OC. The Labute approximate surface area is 167 Å². The van der Waals surface area contributed by atoms with E-state index in [1.165, 1.54) is 7.11 Å². The van der Waals surface area contributed by atoms with Gasteiger partial charge in [-0.3, -0.25) is 9.59 Å². The first kappa shape index (κ1) is 21.4. The van der Waals surface area contributed by atoms with E-state index in [0.29, 0.717) is 29.1 Å². The van der Waals surface area contributed by atoms with Crippen molar-refractivity contribution in [2.24, 2.45) is 0 Å². The van der Waals surface area contributed by atoms with Gasteiger partial charge in [0.15, 0.2) is 0 Å². The Hall–Kier alpha value is -2.86. The van der Waals surface area contributed by atoms with Crippen LogP contribution in [-0.4, -0.2) is 57.1 Å². The highest BCUT2D eigenvalue weighted by molar-refractivity contribution is 6.06. The largest absolute Gasteiger partial charge is 0.496 e. The lowest BCUT2D eigenvalue weighted by Gasteiger charge is -2.20. The summed E-state index contributed by atoms with van der Waals surface area (Å²) in [6.07, 6.45) is 0. The summed E-state index contributed by atoms with van der Waals surface area (Å²) in [6.45, 7) is 7.46. The number of rotatable bonds is 9. The molecule has 2 aromatic carbocycles. The topological polar surface area (TPSA) is 61.9 Å². The zero-order valence-corrected chi connectivity index (χ0v) is 17.1. The lowest BCUT2D eigenvalue weighted by Crippen LogP contribution is -2.35. The molecule has 0 atom stereocenters. The minimum absolute atomic E-state index is 0.126. The predicted molar refractivity (Wildman–Crippen MR) is 112 cm³/mol. The molecule has 0 fully saturated rings. The lowest BCUT2D eigenvalue weighted by molar-refractivity contribution is 0.0945. The second kappa shape index (κ2) is 10.5. The first-order chi connectivity index (χ1) is 13.5. The van der Waals surface area contributed by atoms with Crippen molar-refractivity contribution in [3.05, 3.63) is 59.7 Å². The first-order valence-electron chi connectivity index (χ1n) is 9.53. The van der Waals surface area contributed by atoms with E-state index in [4.69, 9.17) is 4.74 Å².